The van der Waals surface area contributed by atoms with Crippen molar-refractivity contribution in [3.05, 3.63) is 0 Å². The molecule has 0 bridgehead atoms. The Morgan fingerprint density at radius 2 is 0.806 bits per heavy atom. The molecule has 3 rings (SSSR count). The average Bonchev–Trinajstić information content (AvgIpc) is 2.92. The monoisotopic (exact) mass is 503 g/mol. The second-order valence-electron chi connectivity index (χ2n) is 13.6. The van der Waals surface area contributed by atoms with Crippen LogP contribution in [0.15, 0.2) is 0 Å². The molecule has 0 N–H and O–H groups in total. The van der Waals surface area contributed by atoms with Gasteiger partial charge in [-0.1, -0.05) is 129 Å². The van der Waals surface area contributed by atoms with Crippen molar-refractivity contribution in [1.82, 2.24) is 0 Å². The van der Waals surface area contributed by atoms with Gasteiger partial charge in [0.1, 0.15) is 0 Å². The standard InChI is InChI=1S/C35H66O/c1-3-5-7-9-11-14-30-17-19-32(20-18-30)16-13-29-36-35-27-25-34(26-28-35)33-23-21-31(22-24-33)15-12-10-8-6-4-2/h30-35H,3-29H2,1-2H3. The molecule has 0 aromatic heterocycles. The van der Waals surface area contributed by atoms with Gasteiger partial charge in [0.05, 0.1) is 6.10 Å². The molecule has 0 aromatic carbocycles. The van der Waals surface area contributed by atoms with Gasteiger partial charge in [0.25, 0.3) is 0 Å². The molecule has 0 spiro atoms. The molecule has 3 aliphatic rings. The number of unbranched alkanes of at least 4 members (excludes halogenated alkanes) is 8. The van der Waals surface area contributed by atoms with Gasteiger partial charge in [0.2, 0.25) is 0 Å². The highest BCUT2D eigenvalue weighted by molar-refractivity contribution is 4.82. The summed E-state index contributed by atoms with van der Waals surface area (Å²) in [5, 5.41) is 0. The Labute approximate surface area is 227 Å². The van der Waals surface area contributed by atoms with Crippen LogP contribution in [0.5, 0.6) is 0 Å². The third-order valence-corrected chi connectivity index (χ3v) is 10.8. The van der Waals surface area contributed by atoms with Crippen LogP contribution in [0.25, 0.3) is 0 Å². The van der Waals surface area contributed by atoms with Crippen LogP contribution in [-0.4, -0.2) is 12.7 Å². The first kappa shape index (κ1) is 30.5. The van der Waals surface area contributed by atoms with E-state index in [9.17, 15) is 0 Å². The maximum atomic E-state index is 6.41. The van der Waals surface area contributed by atoms with E-state index < -0.39 is 0 Å². The molecule has 36 heavy (non-hydrogen) atoms. The van der Waals surface area contributed by atoms with Gasteiger partial charge in [-0.3, -0.25) is 0 Å². The fraction of sp³-hybridized carbons (Fsp3) is 1.00. The zero-order valence-electron chi connectivity index (χ0n) is 25.0. The van der Waals surface area contributed by atoms with Crippen LogP contribution in [0, 0.1) is 29.6 Å². The zero-order chi connectivity index (χ0) is 25.3. The first-order chi connectivity index (χ1) is 17.8. The van der Waals surface area contributed by atoms with Gasteiger partial charge in [0, 0.05) is 6.61 Å². The summed E-state index contributed by atoms with van der Waals surface area (Å²) >= 11 is 0. The molecule has 212 valence electrons. The molecule has 0 amide bonds. The molecule has 0 heterocycles. The summed E-state index contributed by atoms with van der Waals surface area (Å²) < 4.78 is 6.41. The zero-order valence-corrected chi connectivity index (χ0v) is 25.0. The van der Waals surface area contributed by atoms with Crippen LogP contribution >= 0.6 is 0 Å². The lowest BCUT2D eigenvalue weighted by Crippen LogP contribution is -2.29. The number of ether oxygens (including phenoxy) is 1. The van der Waals surface area contributed by atoms with Crippen LogP contribution in [0.2, 0.25) is 0 Å². The SMILES string of the molecule is CCCCCCCC1CCC(CCCOC2CCC(C3CCC(CCCCCCC)CC3)CC2)CC1. The van der Waals surface area contributed by atoms with E-state index in [-0.39, 0.29) is 0 Å². The van der Waals surface area contributed by atoms with Crippen LogP contribution in [-0.2, 0) is 4.74 Å². The van der Waals surface area contributed by atoms with Crippen molar-refractivity contribution >= 4 is 0 Å². The third kappa shape index (κ3) is 12.2. The summed E-state index contributed by atoms with van der Waals surface area (Å²) in [6, 6.07) is 0. The van der Waals surface area contributed by atoms with Crippen molar-refractivity contribution in [3.63, 3.8) is 0 Å². The van der Waals surface area contributed by atoms with E-state index in [0.29, 0.717) is 6.10 Å². The molecule has 0 atom stereocenters. The third-order valence-electron chi connectivity index (χ3n) is 10.8. The molecule has 3 aliphatic carbocycles. The minimum absolute atomic E-state index is 0.587. The smallest absolute Gasteiger partial charge is 0.0575 e. The lowest BCUT2D eigenvalue weighted by Gasteiger charge is -2.38. The van der Waals surface area contributed by atoms with E-state index in [1.165, 1.54) is 167 Å². The molecule has 0 aliphatic heterocycles. The Morgan fingerprint density at radius 3 is 1.28 bits per heavy atom. The minimum Gasteiger partial charge on any atom is -0.378 e. The summed E-state index contributed by atoms with van der Waals surface area (Å²) in [5.41, 5.74) is 0. The van der Waals surface area contributed by atoms with E-state index >= 15 is 0 Å². The molecule has 0 unspecified atom stereocenters. The Balaban J connectivity index is 1.14. The average molecular weight is 503 g/mol. The quantitative estimate of drug-likeness (QED) is 0.169. The second-order valence-corrected chi connectivity index (χ2v) is 13.6. The summed E-state index contributed by atoms with van der Waals surface area (Å²) in [6.45, 7) is 5.68. The molecular formula is C35H66O. The van der Waals surface area contributed by atoms with Crippen molar-refractivity contribution in [2.24, 2.45) is 29.6 Å². The topological polar surface area (TPSA) is 9.23 Å². The minimum atomic E-state index is 0.587. The van der Waals surface area contributed by atoms with Crippen molar-refractivity contribution < 1.29 is 4.74 Å². The Morgan fingerprint density at radius 1 is 0.417 bits per heavy atom. The normalized spacial score (nSPS) is 31.5. The van der Waals surface area contributed by atoms with Gasteiger partial charge < -0.3 is 4.74 Å². The predicted octanol–water partition coefficient (Wildman–Crippen LogP) is 11.7. The molecular weight excluding hydrogens is 436 g/mol. The maximum Gasteiger partial charge on any atom is 0.0575 e. The molecule has 0 aromatic rings. The van der Waals surface area contributed by atoms with Gasteiger partial charge in [-0.05, 0) is 81.0 Å². The van der Waals surface area contributed by atoms with Crippen molar-refractivity contribution in [2.45, 2.75) is 187 Å². The molecule has 1 heteroatoms. The van der Waals surface area contributed by atoms with E-state index in [4.69, 9.17) is 4.74 Å². The lowest BCUT2D eigenvalue weighted by molar-refractivity contribution is 0.00367. The maximum absolute atomic E-state index is 6.41. The first-order valence-corrected chi connectivity index (χ1v) is 17.4. The fourth-order valence-corrected chi connectivity index (χ4v) is 8.18. The molecule has 1 nitrogen and oxygen atoms in total. The highest BCUT2D eigenvalue weighted by Gasteiger charge is 2.31. The summed E-state index contributed by atoms with van der Waals surface area (Å²) in [7, 11) is 0. The number of hydrogen-bond donors (Lipinski definition) is 0. The van der Waals surface area contributed by atoms with Crippen molar-refractivity contribution in [3.8, 4) is 0 Å². The van der Waals surface area contributed by atoms with Crippen molar-refractivity contribution in [2.75, 3.05) is 6.61 Å². The molecule has 0 saturated heterocycles. The molecule has 3 fully saturated rings. The van der Waals surface area contributed by atoms with Gasteiger partial charge >= 0.3 is 0 Å². The fourth-order valence-electron chi connectivity index (χ4n) is 8.18. The van der Waals surface area contributed by atoms with Crippen molar-refractivity contribution in [1.29, 1.82) is 0 Å². The summed E-state index contributed by atoms with van der Waals surface area (Å²) in [5.74, 6) is 5.20. The summed E-state index contributed by atoms with van der Waals surface area (Å²) in [6.07, 6.45) is 38.7. The van der Waals surface area contributed by atoms with Crippen LogP contribution in [0.4, 0.5) is 0 Å². The van der Waals surface area contributed by atoms with Gasteiger partial charge in [0.15, 0.2) is 0 Å². The largest absolute Gasteiger partial charge is 0.378 e. The van der Waals surface area contributed by atoms with Gasteiger partial charge in [-0.15, -0.1) is 0 Å². The van der Waals surface area contributed by atoms with Gasteiger partial charge in [-0.2, -0.15) is 0 Å². The Bertz CT molecular complexity index is 491. The predicted molar refractivity (Wildman–Crippen MR) is 159 cm³/mol. The second kappa shape index (κ2) is 19.1. The van der Waals surface area contributed by atoms with Gasteiger partial charge in [-0.25, -0.2) is 0 Å². The molecule has 0 radical (unpaired) electrons. The lowest BCUT2D eigenvalue weighted by atomic mass is 9.70. The highest BCUT2D eigenvalue weighted by Crippen LogP contribution is 2.42. The van der Waals surface area contributed by atoms with Crippen LogP contribution < -0.4 is 0 Å². The Kier molecular flexibility index (Phi) is 16.2. The summed E-state index contributed by atoms with van der Waals surface area (Å²) in [4.78, 5) is 0. The first-order valence-electron chi connectivity index (χ1n) is 17.4. The highest BCUT2D eigenvalue weighted by atomic mass is 16.5. The van der Waals surface area contributed by atoms with E-state index in [0.717, 1.165) is 36.2 Å². The molecule has 3 saturated carbocycles. The van der Waals surface area contributed by atoms with E-state index in [1.54, 1.807) is 0 Å². The van der Waals surface area contributed by atoms with Crippen LogP contribution in [0.1, 0.15) is 181 Å². The number of hydrogen-bond acceptors (Lipinski definition) is 1. The Hall–Kier alpha value is -0.0400. The van der Waals surface area contributed by atoms with E-state index in [1.807, 2.05) is 0 Å². The van der Waals surface area contributed by atoms with Crippen LogP contribution in [0.3, 0.4) is 0 Å². The van der Waals surface area contributed by atoms with E-state index in [2.05, 4.69) is 13.8 Å². The number of rotatable bonds is 18.